The van der Waals surface area contributed by atoms with Gasteiger partial charge in [-0.05, 0) is 43.9 Å². The van der Waals surface area contributed by atoms with Crippen molar-refractivity contribution < 1.29 is 9.47 Å². The van der Waals surface area contributed by atoms with Crippen molar-refractivity contribution in [1.29, 1.82) is 5.41 Å². The lowest BCUT2D eigenvalue weighted by Crippen LogP contribution is -2.19. The first-order chi connectivity index (χ1) is 13.5. The third-order valence-electron chi connectivity index (χ3n) is 5.15. The van der Waals surface area contributed by atoms with Crippen LogP contribution >= 0.6 is 0 Å². The van der Waals surface area contributed by atoms with Crippen molar-refractivity contribution >= 4 is 5.84 Å². The lowest BCUT2D eigenvalue weighted by Gasteiger charge is -2.19. The van der Waals surface area contributed by atoms with Crippen LogP contribution in [0.4, 0.5) is 0 Å². The molecule has 1 aliphatic rings. The van der Waals surface area contributed by atoms with Gasteiger partial charge in [-0.15, -0.1) is 0 Å². The minimum absolute atomic E-state index is 0.0105. The van der Waals surface area contributed by atoms with E-state index in [2.05, 4.69) is 28.3 Å². The molecule has 0 atom stereocenters. The lowest BCUT2D eigenvalue weighted by atomic mass is 10.0. The van der Waals surface area contributed by atoms with E-state index in [-0.39, 0.29) is 5.41 Å². The van der Waals surface area contributed by atoms with Crippen LogP contribution in [0, 0.1) is 17.7 Å². The Morgan fingerprint density at radius 3 is 2.61 bits per heavy atom. The maximum absolute atomic E-state index is 7.78. The molecule has 148 valence electrons. The van der Waals surface area contributed by atoms with Crippen LogP contribution in [0.15, 0.2) is 42.4 Å². The van der Waals surface area contributed by atoms with Gasteiger partial charge in [-0.25, -0.2) is 4.98 Å². The average Bonchev–Trinajstić information content (AvgIpc) is 3.51. The molecule has 0 unspecified atom stereocenters. The number of aromatic nitrogens is 2. The molecule has 3 rings (SSSR count). The summed E-state index contributed by atoms with van der Waals surface area (Å²) in [6, 6.07) is 5.75. The highest BCUT2D eigenvalue weighted by Gasteiger charge is 2.48. The number of nitrogens with one attached hydrogen (secondary N) is 2. The van der Waals surface area contributed by atoms with Crippen molar-refractivity contribution in [2.75, 3.05) is 20.8 Å². The van der Waals surface area contributed by atoms with Crippen molar-refractivity contribution in [3.63, 3.8) is 0 Å². The van der Waals surface area contributed by atoms with E-state index in [1.165, 1.54) is 0 Å². The Morgan fingerprint density at radius 2 is 2.07 bits per heavy atom. The second-order valence-corrected chi connectivity index (χ2v) is 7.14. The van der Waals surface area contributed by atoms with Crippen LogP contribution in [0.2, 0.25) is 0 Å². The molecule has 28 heavy (non-hydrogen) atoms. The predicted octanol–water partition coefficient (Wildman–Crippen LogP) is 4.10. The number of rotatable bonds is 8. The van der Waals surface area contributed by atoms with E-state index in [0.29, 0.717) is 24.0 Å². The number of allylic oxidation sites excluding steroid dienone is 1. The minimum atomic E-state index is 0.0105. The number of ether oxygens (including phenoxy) is 2. The average molecular weight is 380 g/mol. The van der Waals surface area contributed by atoms with Gasteiger partial charge in [0.1, 0.15) is 23.9 Å². The van der Waals surface area contributed by atoms with Gasteiger partial charge in [-0.1, -0.05) is 13.0 Å². The van der Waals surface area contributed by atoms with E-state index in [0.717, 1.165) is 41.7 Å². The molecule has 0 saturated heterocycles. The van der Waals surface area contributed by atoms with E-state index in [1.807, 2.05) is 31.3 Å². The van der Waals surface area contributed by atoms with Crippen molar-refractivity contribution in [3.05, 3.63) is 53.7 Å². The van der Waals surface area contributed by atoms with Crippen LogP contribution in [0.3, 0.4) is 0 Å². The Kier molecular flexibility index (Phi) is 5.97. The zero-order valence-electron chi connectivity index (χ0n) is 17.0. The zero-order chi connectivity index (χ0) is 20.1. The standard InChI is InChI=1S/C22H28N4O2/c1-5-6-19(27-4)22(9-10-22)14-28-20-11-15(2)17(13-26-20)16-7-8-18(25-12-16)21(23)24-3/h6-8,11-13H,5,9-10,14H2,1-4H3,(H2,23,24)/b19-6-. The lowest BCUT2D eigenvalue weighted by molar-refractivity contribution is 0.169. The molecule has 1 fully saturated rings. The SMILES string of the molecule is CC/C=C(\OC)C1(COc2cc(C)c(-c3ccc(C(=N)NC)nc3)cn2)CC1. The zero-order valence-corrected chi connectivity index (χ0v) is 17.0. The molecule has 2 aromatic rings. The van der Waals surface area contributed by atoms with Crippen molar-refractivity contribution in [2.24, 2.45) is 5.41 Å². The van der Waals surface area contributed by atoms with Crippen LogP contribution in [-0.4, -0.2) is 36.6 Å². The fraction of sp³-hybridized carbons (Fsp3) is 0.409. The van der Waals surface area contributed by atoms with Crippen LogP contribution in [-0.2, 0) is 4.74 Å². The molecule has 6 heteroatoms. The predicted molar refractivity (Wildman–Crippen MR) is 111 cm³/mol. The largest absolute Gasteiger partial charge is 0.501 e. The monoisotopic (exact) mass is 380 g/mol. The summed E-state index contributed by atoms with van der Waals surface area (Å²) in [6.45, 7) is 4.74. The number of hydrogen-bond acceptors (Lipinski definition) is 5. The fourth-order valence-electron chi connectivity index (χ4n) is 3.27. The summed E-state index contributed by atoms with van der Waals surface area (Å²) in [7, 11) is 3.44. The van der Waals surface area contributed by atoms with Gasteiger partial charge in [-0.3, -0.25) is 10.4 Å². The summed E-state index contributed by atoms with van der Waals surface area (Å²) < 4.78 is 11.6. The Bertz CT molecular complexity index is 871. The highest BCUT2D eigenvalue weighted by atomic mass is 16.5. The van der Waals surface area contributed by atoms with E-state index >= 15 is 0 Å². The van der Waals surface area contributed by atoms with Crippen LogP contribution in [0.5, 0.6) is 5.88 Å². The highest BCUT2D eigenvalue weighted by molar-refractivity contribution is 5.94. The minimum Gasteiger partial charge on any atom is -0.501 e. The van der Waals surface area contributed by atoms with Crippen LogP contribution in [0.1, 0.15) is 37.4 Å². The highest BCUT2D eigenvalue weighted by Crippen LogP contribution is 2.52. The first-order valence-corrected chi connectivity index (χ1v) is 9.60. The molecule has 1 aliphatic carbocycles. The Hall–Kier alpha value is -2.89. The molecule has 0 amide bonds. The maximum atomic E-state index is 7.78. The molecule has 6 nitrogen and oxygen atoms in total. The number of methoxy groups -OCH3 is 1. The van der Waals surface area contributed by atoms with E-state index in [9.17, 15) is 0 Å². The van der Waals surface area contributed by atoms with Gasteiger partial charge in [0.15, 0.2) is 0 Å². The molecular formula is C22H28N4O2. The Balaban J connectivity index is 1.71. The molecule has 0 aliphatic heterocycles. The number of pyridine rings is 2. The smallest absolute Gasteiger partial charge is 0.213 e. The number of amidine groups is 1. The molecule has 0 bridgehead atoms. The molecule has 0 aromatic carbocycles. The molecule has 2 N–H and O–H groups in total. The number of hydrogen-bond donors (Lipinski definition) is 2. The summed E-state index contributed by atoms with van der Waals surface area (Å²) >= 11 is 0. The van der Waals surface area contributed by atoms with E-state index in [4.69, 9.17) is 14.9 Å². The second-order valence-electron chi connectivity index (χ2n) is 7.14. The van der Waals surface area contributed by atoms with E-state index < -0.39 is 0 Å². The molecular weight excluding hydrogens is 352 g/mol. The van der Waals surface area contributed by atoms with Gasteiger partial charge in [0.2, 0.25) is 5.88 Å². The number of nitrogens with zero attached hydrogens (tertiary/aromatic N) is 2. The van der Waals surface area contributed by atoms with E-state index in [1.54, 1.807) is 20.4 Å². The third kappa shape index (κ3) is 4.16. The summed E-state index contributed by atoms with van der Waals surface area (Å²) in [5.41, 5.74) is 3.67. The first kappa shape index (κ1) is 19.9. The summed E-state index contributed by atoms with van der Waals surface area (Å²) in [6.07, 6.45) is 8.86. The van der Waals surface area contributed by atoms with Gasteiger partial charge < -0.3 is 14.8 Å². The number of aryl methyl sites for hydroxylation is 1. The normalized spacial score (nSPS) is 15.1. The Morgan fingerprint density at radius 1 is 1.29 bits per heavy atom. The fourth-order valence-corrected chi connectivity index (χ4v) is 3.27. The van der Waals surface area contributed by atoms with Crippen molar-refractivity contribution in [2.45, 2.75) is 33.1 Å². The van der Waals surface area contributed by atoms with Crippen molar-refractivity contribution in [1.82, 2.24) is 15.3 Å². The maximum Gasteiger partial charge on any atom is 0.213 e. The van der Waals surface area contributed by atoms with Gasteiger partial charge in [0.05, 0.1) is 12.5 Å². The third-order valence-corrected chi connectivity index (χ3v) is 5.15. The molecule has 0 spiro atoms. The van der Waals surface area contributed by atoms with Gasteiger partial charge in [-0.2, -0.15) is 0 Å². The van der Waals surface area contributed by atoms with Crippen molar-refractivity contribution in [3.8, 4) is 17.0 Å². The summed E-state index contributed by atoms with van der Waals surface area (Å²) in [5, 5.41) is 10.6. The molecule has 1 saturated carbocycles. The van der Waals surface area contributed by atoms with Crippen LogP contribution in [0.25, 0.3) is 11.1 Å². The molecule has 2 aromatic heterocycles. The quantitative estimate of drug-likeness (QED) is 0.409. The molecule has 2 heterocycles. The molecule has 0 radical (unpaired) electrons. The van der Waals surface area contributed by atoms with Gasteiger partial charge in [0.25, 0.3) is 0 Å². The summed E-state index contributed by atoms with van der Waals surface area (Å²) in [5.74, 6) is 1.95. The Labute approximate surface area is 166 Å². The van der Waals surface area contributed by atoms with Gasteiger partial charge in [0, 0.05) is 36.6 Å². The van der Waals surface area contributed by atoms with Gasteiger partial charge >= 0.3 is 0 Å². The summed E-state index contributed by atoms with van der Waals surface area (Å²) in [4.78, 5) is 8.83. The second kappa shape index (κ2) is 8.42. The topological polar surface area (TPSA) is 80.1 Å². The van der Waals surface area contributed by atoms with Crippen LogP contribution < -0.4 is 10.1 Å². The first-order valence-electron chi connectivity index (χ1n) is 9.60.